The molecule has 0 amide bonds. The fraction of sp³-hybridized carbons (Fsp3) is 0.609. The Bertz CT molecular complexity index is 661. The van der Waals surface area contributed by atoms with Gasteiger partial charge in [-0.2, -0.15) is 0 Å². The summed E-state index contributed by atoms with van der Waals surface area (Å²) in [7, 11) is 0. The van der Waals surface area contributed by atoms with Crippen LogP contribution in [-0.2, 0) is 9.53 Å². The highest BCUT2D eigenvalue weighted by molar-refractivity contribution is 5.66. The second-order valence-corrected chi connectivity index (χ2v) is 8.22. The van der Waals surface area contributed by atoms with Crippen molar-refractivity contribution < 1.29 is 29.6 Å². The van der Waals surface area contributed by atoms with Gasteiger partial charge in [0.2, 0.25) is 0 Å². The van der Waals surface area contributed by atoms with Crippen molar-refractivity contribution in [1.29, 1.82) is 0 Å². The van der Waals surface area contributed by atoms with Gasteiger partial charge in [-0.05, 0) is 49.7 Å². The number of hydrogen-bond donors (Lipinski definition) is 3. The van der Waals surface area contributed by atoms with Gasteiger partial charge in [0.15, 0.2) is 0 Å². The Morgan fingerprint density at radius 3 is 2.83 bits per heavy atom. The van der Waals surface area contributed by atoms with E-state index in [1.807, 2.05) is 36.4 Å². The number of aliphatic hydroxyl groups excluding tert-OH is 2. The van der Waals surface area contributed by atoms with Crippen molar-refractivity contribution in [1.82, 2.24) is 0 Å². The fourth-order valence-corrected chi connectivity index (χ4v) is 4.50. The molecular formula is C23H32O6. The van der Waals surface area contributed by atoms with E-state index in [1.165, 1.54) is 0 Å². The van der Waals surface area contributed by atoms with Crippen LogP contribution < -0.4 is 4.74 Å². The molecule has 6 atom stereocenters. The van der Waals surface area contributed by atoms with Crippen molar-refractivity contribution in [3.8, 4) is 5.75 Å². The molecule has 29 heavy (non-hydrogen) atoms. The Balaban J connectivity index is 1.49. The SMILES string of the molecule is O=C(O)CCC[C@H]1CC[C@@H]2[C@@H](C=C[C@@H](O)COc3ccccc3)[C@H](O)C[C@@H]2OC1. The molecule has 1 aliphatic heterocycles. The average Bonchev–Trinajstić information content (AvgIpc) is 2.87. The molecule has 2 aliphatic rings. The smallest absolute Gasteiger partial charge is 0.303 e. The predicted molar refractivity (Wildman–Crippen MR) is 109 cm³/mol. The molecule has 6 nitrogen and oxygen atoms in total. The lowest BCUT2D eigenvalue weighted by Gasteiger charge is -2.21. The Hall–Kier alpha value is -1.89. The average molecular weight is 405 g/mol. The van der Waals surface area contributed by atoms with E-state index in [9.17, 15) is 15.0 Å². The first-order valence-electron chi connectivity index (χ1n) is 10.6. The molecule has 3 N–H and O–H groups in total. The number of carboxylic acids is 1. The van der Waals surface area contributed by atoms with Gasteiger partial charge >= 0.3 is 5.97 Å². The van der Waals surface area contributed by atoms with E-state index in [0.717, 1.165) is 19.3 Å². The molecule has 1 aromatic rings. The molecule has 2 fully saturated rings. The number of benzene rings is 1. The second-order valence-electron chi connectivity index (χ2n) is 8.22. The minimum absolute atomic E-state index is 0.0295. The Morgan fingerprint density at radius 2 is 2.07 bits per heavy atom. The Morgan fingerprint density at radius 1 is 1.28 bits per heavy atom. The third-order valence-electron chi connectivity index (χ3n) is 6.07. The van der Waals surface area contributed by atoms with E-state index in [0.29, 0.717) is 31.1 Å². The number of aliphatic carboxylic acids is 1. The predicted octanol–water partition coefficient (Wildman–Crippen LogP) is 3.03. The molecule has 0 radical (unpaired) electrons. The van der Waals surface area contributed by atoms with Gasteiger partial charge in [0.1, 0.15) is 18.5 Å². The monoisotopic (exact) mass is 404 g/mol. The van der Waals surface area contributed by atoms with Crippen LogP contribution in [0, 0.1) is 17.8 Å². The summed E-state index contributed by atoms with van der Waals surface area (Å²) in [5.41, 5.74) is 0. The van der Waals surface area contributed by atoms with E-state index < -0.39 is 18.2 Å². The van der Waals surface area contributed by atoms with Gasteiger partial charge in [-0.1, -0.05) is 30.4 Å². The third-order valence-corrected chi connectivity index (χ3v) is 6.07. The van der Waals surface area contributed by atoms with E-state index in [2.05, 4.69) is 0 Å². The van der Waals surface area contributed by atoms with Crippen LogP contribution >= 0.6 is 0 Å². The molecule has 1 heterocycles. The number of ether oxygens (including phenoxy) is 2. The number of carboxylic acid groups (broad SMARTS) is 1. The zero-order chi connectivity index (χ0) is 20.6. The third kappa shape index (κ3) is 6.56. The lowest BCUT2D eigenvalue weighted by atomic mass is 9.86. The molecule has 0 aromatic heterocycles. The maximum Gasteiger partial charge on any atom is 0.303 e. The highest BCUT2D eigenvalue weighted by Crippen LogP contribution is 2.42. The minimum Gasteiger partial charge on any atom is -0.491 e. The number of hydrogen-bond acceptors (Lipinski definition) is 5. The van der Waals surface area contributed by atoms with Gasteiger partial charge in [0, 0.05) is 25.4 Å². The van der Waals surface area contributed by atoms with Gasteiger partial charge in [-0.15, -0.1) is 0 Å². The Labute approximate surface area is 172 Å². The van der Waals surface area contributed by atoms with Crippen molar-refractivity contribution in [3.63, 3.8) is 0 Å². The summed E-state index contributed by atoms with van der Waals surface area (Å²) in [5, 5.41) is 29.5. The number of aliphatic hydroxyl groups is 2. The molecule has 3 rings (SSSR count). The lowest BCUT2D eigenvalue weighted by Crippen LogP contribution is -2.22. The number of carbonyl (C=O) groups is 1. The van der Waals surface area contributed by atoms with Crippen LogP contribution in [0.15, 0.2) is 42.5 Å². The fourth-order valence-electron chi connectivity index (χ4n) is 4.50. The zero-order valence-electron chi connectivity index (χ0n) is 16.7. The first kappa shape index (κ1) is 21.8. The molecule has 6 heteroatoms. The molecule has 1 aromatic carbocycles. The van der Waals surface area contributed by atoms with Gasteiger partial charge in [-0.25, -0.2) is 0 Å². The highest BCUT2D eigenvalue weighted by atomic mass is 16.5. The summed E-state index contributed by atoms with van der Waals surface area (Å²) in [5.74, 6) is 0.537. The summed E-state index contributed by atoms with van der Waals surface area (Å²) in [6, 6.07) is 9.36. The van der Waals surface area contributed by atoms with E-state index in [-0.39, 0.29) is 31.0 Å². The van der Waals surface area contributed by atoms with Crippen LogP contribution in [0.4, 0.5) is 0 Å². The Kier molecular flexibility index (Phi) is 8.09. The maximum atomic E-state index is 10.7. The number of para-hydroxylation sites is 1. The van der Waals surface area contributed by atoms with Crippen LogP contribution in [0.3, 0.4) is 0 Å². The van der Waals surface area contributed by atoms with Gasteiger partial charge in [0.05, 0.1) is 12.2 Å². The van der Waals surface area contributed by atoms with Gasteiger partial charge in [0.25, 0.3) is 0 Å². The van der Waals surface area contributed by atoms with Gasteiger partial charge in [-0.3, -0.25) is 4.79 Å². The first-order chi connectivity index (χ1) is 14.0. The summed E-state index contributed by atoms with van der Waals surface area (Å²) in [6.07, 6.45) is 6.75. The summed E-state index contributed by atoms with van der Waals surface area (Å²) in [6.45, 7) is 0.803. The van der Waals surface area contributed by atoms with Crippen molar-refractivity contribution >= 4 is 5.97 Å². The van der Waals surface area contributed by atoms with E-state index >= 15 is 0 Å². The molecule has 1 saturated carbocycles. The van der Waals surface area contributed by atoms with Crippen LogP contribution in [0.2, 0.25) is 0 Å². The lowest BCUT2D eigenvalue weighted by molar-refractivity contribution is -0.137. The molecule has 160 valence electrons. The maximum absolute atomic E-state index is 10.7. The first-order valence-corrected chi connectivity index (χ1v) is 10.6. The zero-order valence-corrected chi connectivity index (χ0v) is 16.7. The van der Waals surface area contributed by atoms with Crippen molar-refractivity contribution in [2.24, 2.45) is 17.8 Å². The summed E-state index contributed by atoms with van der Waals surface area (Å²) >= 11 is 0. The minimum atomic E-state index is -0.750. The molecular weight excluding hydrogens is 372 g/mol. The highest BCUT2D eigenvalue weighted by Gasteiger charge is 2.43. The topological polar surface area (TPSA) is 96.2 Å². The number of rotatable bonds is 9. The van der Waals surface area contributed by atoms with Crippen LogP contribution in [0.25, 0.3) is 0 Å². The molecule has 1 aliphatic carbocycles. The van der Waals surface area contributed by atoms with Crippen molar-refractivity contribution in [3.05, 3.63) is 42.5 Å². The largest absolute Gasteiger partial charge is 0.491 e. The quantitative estimate of drug-likeness (QED) is 0.548. The van der Waals surface area contributed by atoms with Crippen LogP contribution in [-0.4, -0.2) is 52.8 Å². The summed E-state index contributed by atoms with van der Waals surface area (Å²) in [4.78, 5) is 10.7. The second kappa shape index (κ2) is 10.8. The standard InChI is InChI=1S/C23H32O6/c24-17(15-28-18-6-2-1-3-7-18)10-12-19-20-11-9-16(5-4-8-23(26)27)14-29-22(20)13-21(19)25/h1-3,6-7,10,12,16-17,19-22,24-25H,4-5,8-9,11,13-15H2,(H,26,27)/t16-,17+,19+,20+,21+,22-/m0/s1. The van der Waals surface area contributed by atoms with Crippen LogP contribution in [0.5, 0.6) is 5.75 Å². The summed E-state index contributed by atoms with van der Waals surface area (Å²) < 4.78 is 11.7. The molecule has 0 bridgehead atoms. The van der Waals surface area contributed by atoms with Crippen molar-refractivity contribution in [2.75, 3.05) is 13.2 Å². The van der Waals surface area contributed by atoms with E-state index in [1.54, 1.807) is 6.08 Å². The molecule has 1 saturated heterocycles. The molecule has 0 unspecified atom stereocenters. The van der Waals surface area contributed by atoms with Crippen molar-refractivity contribution in [2.45, 2.75) is 56.8 Å². The van der Waals surface area contributed by atoms with Crippen LogP contribution in [0.1, 0.15) is 38.5 Å². The number of fused-ring (bicyclic) bond motifs is 1. The van der Waals surface area contributed by atoms with Gasteiger partial charge < -0.3 is 24.8 Å². The normalized spacial score (nSPS) is 30.6. The van der Waals surface area contributed by atoms with E-state index in [4.69, 9.17) is 14.6 Å². The molecule has 0 spiro atoms.